The zero-order valence-electron chi connectivity index (χ0n) is 11.9. The summed E-state index contributed by atoms with van der Waals surface area (Å²) >= 11 is 12.1. The third-order valence-electron chi connectivity index (χ3n) is 4.03. The first-order chi connectivity index (χ1) is 9.95. The summed E-state index contributed by atoms with van der Waals surface area (Å²) in [6.07, 6.45) is 2.61. The molecule has 1 aliphatic heterocycles. The van der Waals surface area contributed by atoms with Gasteiger partial charge in [0.05, 0.1) is 10.0 Å². The minimum Gasteiger partial charge on any atom is -0.489 e. The van der Waals surface area contributed by atoms with Crippen molar-refractivity contribution in [2.45, 2.75) is 31.7 Å². The van der Waals surface area contributed by atoms with E-state index in [1.54, 1.807) is 25.1 Å². The van der Waals surface area contributed by atoms with Gasteiger partial charge in [0, 0.05) is 6.54 Å². The van der Waals surface area contributed by atoms with Crippen LogP contribution in [0.5, 0.6) is 5.75 Å². The quantitative estimate of drug-likeness (QED) is 0.893. The van der Waals surface area contributed by atoms with Gasteiger partial charge in [0.2, 0.25) is 0 Å². The summed E-state index contributed by atoms with van der Waals surface area (Å²) in [6.45, 7) is 3.43. The van der Waals surface area contributed by atoms with Gasteiger partial charge in [-0.2, -0.15) is 0 Å². The highest BCUT2D eigenvalue weighted by molar-refractivity contribution is 6.37. The van der Waals surface area contributed by atoms with E-state index in [1.807, 2.05) is 4.90 Å². The van der Waals surface area contributed by atoms with Crippen molar-refractivity contribution in [3.8, 4) is 5.75 Å². The Balaban J connectivity index is 1.97. The molecule has 1 fully saturated rings. The summed E-state index contributed by atoms with van der Waals surface area (Å²) in [5.74, 6) is -0.326. The summed E-state index contributed by atoms with van der Waals surface area (Å²) in [5, 5.41) is 10.4. The monoisotopic (exact) mass is 331 g/mol. The van der Waals surface area contributed by atoms with E-state index in [0.717, 1.165) is 19.4 Å². The molecule has 1 atom stereocenters. The van der Waals surface area contributed by atoms with E-state index in [9.17, 15) is 9.90 Å². The van der Waals surface area contributed by atoms with E-state index < -0.39 is 11.5 Å². The van der Waals surface area contributed by atoms with E-state index in [2.05, 4.69) is 0 Å². The molecule has 1 heterocycles. The number of hydrogen-bond acceptors (Lipinski definition) is 3. The largest absolute Gasteiger partial charge is 0.489 e. The van der Waals surface area contributed by atoms with Crippen molar-refractivity contribution in [2.24, 2.45) is 0 Å². The Morgan fingerprint density at radius 3 is 2.67 bits per heavy atom. The van der Waals surface area contributed by atoms with Crippen molar-refractivity contribution in [1.82, 2.24) is 4.90 Å². The standard InChI is InChI=1S/C15H19Cl2NO3/c1-15(14(19)20)7-2-3-8-18(15)9-10-21-13-11(16)5-4-6-12(13)17/h4-6H,2-3,7-10H2,1H3,(H,19,20). The van der Waals surface area contributed by atoms with Crippen LogP contribution in [0.1, 0.15) is 26.2 Å². The maximum absolute atomic E-state index is 11.5. The molecule has 21 heavy (non-hydrogen) atoms. The van der Waals surface area contributed by atoms with Gasteiger partial charge in [0.25, 0.3) is 0 Å². The van der Waals surface area contributed by atoms with E-state index in [0.29, 0.717) is 35.4 Å². The predicted molar refractivity (Wildman–Crippen MR) is 83.4 cm³/mol. The van der Waals surface area contributed by atoms with Crippen molar-refractivity contribution in [3.05, 3.63) is 28.2 Å². The highest BCUT2D eigenvalue weighted by Gasteiger charge is 2.40. The van der Waals surface area contributed by atoms with Gasteiger partial charge in [-0.15, -0.1) is 0 Å². The highest BCUT2D eigenvalue weighted by atomic mass is 35.5. The van der Waals surface area contributed by atoms with Crippen LogP contribution in [0.4, 0.5) is 0 Å². The second-order valence-electron chi connectivity index (χ2n) is 5.42. The normalized spacial score (nSPS) is 23.0. The molecule has 1 unspecified atom stereocenters. The lowest BCUT2D eigenvalue weighted by molar-refractivity contribution is -0.153. The fourth-order valence-electron chi connectivity index (χ4n) is 2.66. The molecule has 0 aliphatic carbocycles. The number of halogens is 2. The number of piperidine rings is 1. The maximum atomic E-state index is 11.5. The Labute approximate surface area is 134 Å². The Hall–Kier alpha value is -0.970. The van der Waals surface area contributed by atoms with Crippen molar-refractivity contribution in [2.75, 3.05) is 19.7 Å². The van der Waals surface area contributed by atoms with E-state index in [-0.39, 0.29) is 0 Å². The number of rotatable bonds is 5. The summed E-state index contributed by atoms with van der Waals surface area (Å²) in [7, 11) is 0. The Kier molecular flexibility index (Phi) is 5.36. The van der Waals surface area contributed by atoms with E-state index >= 15 is 0 Å². The van der Waals surface area contributed by atoms with Crippen LogP contribution in [-0.2, 0) is 4.79 Å². The van der Waals surface area contributed by atoms with Crippen LogP contribution in [0, 0.1) is 0 Å². The number of benzene rings is 1. The number of para-hydroxylation sites is 1. The molecular formula is C15H19Cl2NO3. The summed E-state index contributed by atoms with van der Waals surface area (Å²) in [4.78, 5) is 13.5. The van der Waals surface area contributed by atoms with Crippen molar-refractivity contribution in [3.63, 3.8) is 0 Å². The predicted octanol–water partition coefficient (Wildman–Crippen LogP) is 3.70. The molecule has 6 heteroatoms. The smallest absolute Gasteiger partial charge is 0.323 e. The molecule has 1 aromatic rings. The van der Waals surface area contributed by atoms with Gasteiger partial charge < -0.3 is 9.84 Å². The molecule has 0 radical (unpaired) electrons. The van der Waals surface area contributed by atoms with Gasteiger partial charge in [0.1, 0.15) is 12.1 Å². The number of carboxylic acid groups (broad SMARTS) is 1. The number of likely N-dealkylation sites (tertiary alicyclic amines) is 1. The van der Waals surface area contributed by atoms with Crippen LogP contribution >= 0.6 is 23.2 Å². The third-order valence-corrected chi connectivity index (χ3v) is 4.62. The second-order valence-corrected chi connectivity index (χ2v) is 6.24. The molecule has 0 amide bonds. The lowest BCUT2D eigenvalue weighted by Crippen LogP contribution is -2.56. The first kappa shape index (κ1) is 16.4. The minimum atomic E-state index is -0.814. The van der Waals surface area contributed by atoms with Gasteiger partial charge >= 0.3 is 5.97 Å². The fraction of sp³-hybridized carbons (Fsp3) is 0.533. The molecule has 0 bridgehead atoms. The highest BCUT2D eigenvalue weighted by Crippen LogP contribution is 2.33. The first-order valence-electron chi connectivity index (χ1n) is 7.00. The molecule has 0 aromatic heterocycles. The van der Waals surface area contributed by atoms with E-state index in [1.165, 1.54) is 0 Å². The van der Waals surface area contributed by atoms with Gasteiger partial charge in [-0.05, 0) is 44.9 Å². The molecule has 1 N–H and O–H groups in total. The van der Waals surface area contributed by atoms with Crippen molar-refractivity contribution < 1.29 is 14.6 Å². The number of carboxylic acids is 1. The average Bonchev–Trinajstić information content (AvgIpc) is 2.44. The minimum absolute atomic E-state index is 0.353. The van der Waals surface area contributed by atoms with Gasteiger partial charge in [-0.3, -0.25) is 9.69 Å². The summed E-state index contributed by atoms with van der Waals surface area (Å²) in [6, 6.07) is 5.18. The van der Waals surface area contributed by atoms with Crippen LogP contribution in [0.25, 0.3) is 0 Å². The van der Waals surface area contributed by atoms with Gasteiger partial charge in [-0.25, -0.2) is 0 Å². The van der Waals surface area contributed by atoms with E-state index in [4.69, 9.17) is 27.9 Å². The maximum Gasteiger partial charge on any atom is 0.323 e. The fourth-order valence-corrected chi connectivity index (χ4v) is 3.16. The van der Waals surface area contributed by atoms with Crippen molar-refractivity contribution in [1.29, 1.82) is 0 Å². The molecule has 0 saturated carbocycles. The van der Waals surface area contributed by atoms with Crippen molar-refractivity contribution >= 4 is 29.2 Å². The summed E-state index contributed by atoms with van der Waals surface area (Å²) in [5.41, 5.74) is -0.814. The van der Waals surface area contributed by atoms with Crippen LogP contribution in [0.2, 0.25) is 10.0 Å². The number of carbonyl (C=O) groups is 1. The third kappa shape index (κ3) is 3.62. The number of hydrogen-bond donors (Lipinski definition) is 1. The first-order valence-corrected chi connectivity index (χ1v) is 7.76. The summed E-state index contributed by atoms with van der Waals surface area (Å²) < 4.78 is 5.64. The molecule has 1 saturated heterocycles. The molecule has 116 valence electrons. The van der Waals surface area contributed by atoms with Gasteiger partial charge in [0.15, 0.2) is 5.75 Å². The van der Waals surface area contributed by atoms with Crippen LogP contribution in [0.15, 0.2) is 18.2 Å². The molecule has 1 aliphatic rings. The molecule has 4 nitrogen and oxygen atoms in total. The second kappa shape index (κ2) is 6.86. The molecule has 2 rings (SSSR count). The molecule has 1 aromatic carbocycles. The Bertz CT molecular complexity index is 503. The molecule has 0 spiro atoms. The van der Waals surface area contributed by atoms with Gasteiger partial charge in [-0.1, -0.05) is 29.3 Å². The van der Waals surface area contributed by atoms with Crippen LogP contribution in [-0.4, -0.2) is 41.2 Å². The average molecular weight is 332 g/mol. The van der Waals surface area contributed by atoms with Crippen LogP contribution in [0.3, 0.4) is 0 Å². The number of aliphatic carboxylic acids is 1. The Morgan fingerprint density at radius 2 is 2.05 bits per heavy atom. The Morgan fingerprint density at radius 1 is 1.38 bits per heavy atom. The van der Waals surface area contributed by atoms with Crippen LogP contribution < -0.4 is 4.74 Å². The SMILES string of the molecule is CC1(C(=O)O)CCCCN1CCOc1c(Cl)cccc1Cl. The molecular weight excluding hydrogens is 313 g/mol. The lowest BCUT2D eigenvalue weighted by Gasteiger charge is -2.41. The number of nitrogens with zero attached hydrogens (tertiary/aromatic N) is 1. The number of ether oxygens (including phenoxy) is 1. The zero-order chi connectivity index (χ0) is 15.5. The topological polar surface area (TPSA) is 49.8 Å². The zero-order valence-corrected chi connectivity index (χ0v) is 13.5. The lowest BCUT2D eigenvalue weighted by atomic mass is 9.88.